The van der Waals surface area contributed by atoms with Crippen molar-refractivity contribution in [2.45, 2.75) is 25.5 Å². The Hall–Kier alpha value is -1.34. The molecule has 0 aliphatic carbocycles. The molecule has 1 saturated heterocycles. The normalized spacial score (nSPS) is 21.4. The maximum Gasteiger partial charge on any atom is 0.326 e. The molecule has 7 nitrogen and oxygen atoms in total. The van der Waals surface area contributed by atoms with Gasteiger partial charge in [-0.15, -0.1) is 0 Å². The van der Waals surface area contributed by atoms with Gasteiger partial charge in [-0.2, -0.15) is 0 Å². The predicted molar refractivity (Wildman–Crippen MR) is 63.4 cm³/mol. The van der Waals surface area contributed by atoms with E-state index in [2.05, 4.69) is 5.32 Å². The van der Waals surface area contributed by atoms with Gasteiger partial charge >= 0.3 is 12.0 Å². The van der Waals surface area contributed by atoms with Crippen molar-refractivity contribution < 1.29 is 24.2 Å². The summed E-state index contributed by atoms with van der Waals surface area (Å²) < 4.78 is 10.1. The first-order chi connectivity index (χ1) is 8.54. The number of urea groups is 1. The van der Waals surface area contributed by atoms with Gasteiger partial charge in [0.2, 0.25) is 0 Å². The summed E-state index contributed by atoms with van der Waals surface area (Å²) >= 11 is 0. The maximum absolute atomic E-state index is 11.9. The topological polar surface area (TPSA) is 88.1 Å². The summed E-state index contributed by atoms with van der Waals surface area (Å²) in [6.45, 7) is 3.59. The molecule has 0 saturated carbocycles. The summed E-state index contributed by atoms with van der Waals surface area (Å²) in [5.41, 5.74) is 0. The molecular weight excluding hydrogens is 240 g/mol. The van der Waals surface area contributed by atoms with Crippen LogP contribution in [0.5, 0.6) is 0 Å². The highest BCUT2D eigenvalue weighted by atomic mass is 16.5. The van der Waals surface area contributed by atoms with Gasteiger partial charge in [0.25, 0.3) is 0 Å². The fourth-order valence-corrected chi connectivity index (χ4v) is 1.74. The monoisotopic (exact) mass is 260 g/mol. The van der Waals surface area contributed by atoms with Gasteiger partial charge in [-0.1, -0.05) is 0 Å². The molecule has 1 aliphatic rings. The number of rotatable bonds is 5. The summed E-state index contributed by atoms with van der Waals surface area (Å²) in [6, 6.07) is -1.29. The Labute approximate surface area is 106 Å². The molecule has 0 aromatic rings. The van der Waals surface area contributed by atoms with Gasteiger partial charge in [-0.25, -0.2) is 9.59 Å². The van der Waals surface area contributed by atoms with Crippen molar-refractivity contribution in [1.82, 2.24) is 10.2 Å². The number of carboxylic acids is 1. The Balaban J connectivity index is 2.46. The molecule has 7 heteroatoms. The minimum Gasteiger partial charge on any atom is -0.480 e. The van der Waals surface area contributed by atoms with Gasteiger partial charge in [0.1, 0.15) is 6.04 Å². The SMILES string of the molecule is COCCC(NC(=O)N1CCOC(C)C1)C(=O)O. The molecule has 104 valence electrons. The molecular formula is C11H20N2O5. The molecule has 2 atom stereocenters. The third-order valence-electron chi connectivity index (χ3n) is 2.73. The average molecular weight is 260 g/mol. The average Bonchev–Trinajstić information content (AvgIpc) is 2.33. The Bertz CT molecular complexity index is 297. The second-order valence-corrected chi connectivity index (χ2v) is 4.25. The first-order valence-electron chi connectivity index (χ1n) is 5.93. The van der Waals surface area contributed by atoms with Gasteiger partial charge in [0.15, 0.2) is 0 Å². The number of aliphatic carboxylic acids is 1. The highest BCUT2D eigenvalue weighted by molar-refractivity contribution is 5.82. The number of carbonyl (C=O) groups is 2. The smallest absolute Gasteiger partial charge is 0.326 e. The summed E-state index contributed by atoms with van der Waals surface area (Å²) in [6.07, 6.45) is 0.226. The van der Waals surface area contributed by atoms with Crippen LogP contribution in [0, 0.1) is 0 Å². The molecule has 1 fully saturated rings. The van der Waals surface area contributed by atoms with E-state index in [1.807, 2.05) is 6.92 Å². The molecule has 1 heterocycles. The predicted octanol–water partition coefficient (Wildman–Crippen LogP) is -0.0936. The molecule has 0 bridgehead atoms. The lowest BCUT2D eigenvalue weighted by molar-refractivity contribution is -0.139. The Morgan fingerprint density at radius 1 is 1.61 bits per heavy atom. The Morgan fingerprint density at radius 2 is 2.33 bits per heavy atom. The van der Waals surface area contributed by atoms with E-state index in [-0.39, 0.29) is 25.2 Å². The third-order valence-corrected chi connectivity index (χ3v) is 2.73. The third kappa shape index (κ3) is 4.50. The molecule has 1 aliphatic heterocycles. The number of nitrogens with zero attached hydrogens (tertiary/aromatic N) is 1. The van der Waals surface area contributed by atoms with Crippen LogP contribution in [0.15, 0.2) is 0 Å². The zero-order chi connectivity index (χ0) is 13.5. The van der Waals surface area contributed by atoms with Crippen molar-refractivity contribution in [3.8, 4) is 0 Å². The molecule has 0 aromatic heterocycles. The largest absolute Gasteiger partial charge is 0.480 e. The van der Waals surface area contributed by atoms with Crippen molar-refractivity contribution in [2.24, 2.45) is 0 Å². The molecule has 0 spiro atoms. The van der Waals surface area contributed by atoms with E-state index in [9.17, 15) is 9.59 Å². The van der Waals surface area contributed by atoms with E-state index < -0.39 is 12.0 Å². The molecule has 1 rings (SSSR count). The highest BCUT2D eigenvalue weighted by Crippen LogP contribution is 2.05. The van der Waals surface area contributed by atoms with E-state index in [0.717, 1.165) is 0 Å². The number of methoxy groups -OCH3 is 1. The van der Waals surface area contributed by atoms with E-state index in [4.69, 9.17) is 14.6 Å². The van der Waals surface area contributed by atoms with E-state index in [1.54, 1.807) is 4.90 Å². The van der Waals surface area contributed by atoms with Crippen molar-refractivity contribution in [3.63, 3.8) is 0 Å². The van der Waals surface area contributed by atoms with Gasteiger partial charge in [0.05, 0.1) is 12.7 Å². The first kappa shape index (κ1) is 14.7. The van der Waals surface area contributed by atoms with Crippen LogP contribution < -0.4 is 5.32 Å². The quantitative estimate of drug-likeness (QED) is 0.721. The Kier molecular flexibility index (Phi) is 5.87. The maximum atomic E-state index is 11.9. The first-order valence-corrected chi connectivity index (χ1v) is 5.93. The summed E-state index contributed by atoms with van der Waals surface area (Å²) in [7, 11) is 1.49. The van der Waals surface area contributed by atoms with Crippen LogP contribution >= 0.6 is 0 Å². The van der Waals surface area contributed by atoms with Gasteiger partial charge in [-0.05, 0) is 6.92 Å². The van der Waals surface area contributed by atoms with Crippen molar-refractivity contribution in [2.75, 3.05) is 33.4 Å². The van der Waals surface area contributed by atoms with Crippen LogP contribution in [-0.4, -0.2) is 67.6 Å². The number of hydrogen-bond acceptors (Lipinski definition) is 4. The Morgan fingerprint density at radius 3 is 2.89 bits per heavy atom. The minimum absolute atomic E-state index is 0.0215. The molecule has 18 heavy (non-hydrogen) atoms. The number of ether oxygens (including phenoxy) is 2. The van der Waals surface area contributed by atoms with Crippen molar-refractivity contribution in [1.29, 1.82) is 0 Å². The zero-order valence-electron chi connectivity index (χ0n) is 10.7. The van der Waals surface area contributed by atoms with Crippen LogP contribution in [0.2, 0.25) is 0 Å². The minimum atomic E-state index is -1.05. The fourth-order valence-electron chi connectivity index (χ4n) is 1.74. The lowest BCUT2D eigenvalue weighted by Gasteiger charge is -2.32. The number of hydrogen-bond donors (Lipinski definition) is 2. The number of morpholine rings is 1. The van der Waals surface area contributed by atoms with E-state index in [0.29, 0.717) is 19.7 Å². The van der Waals surface area contributed by atoms with E-state index >= 15 is 0 Å². The summed E-state index contributed by atoms with van der Waals surface area (Å²) in [5.74, 6) is -1.05. The fraction of sp³-hybridized carbons (Fsp3) is 0.818. The van der Waals surface area contributed by atoms with Crippen LogP contribution in [0.4, 0.5) is 4.79 Å². The summed E-state index contributed by atoms with van der Waals surface area (Å²) in [5, 5.41) is 11.5. The highest BCUT2D eigenvalue weighted by Gasteiger charge is 2.25. The number of carbonyl (C=O) groups excluding carboxylic acids is 1. The van der Waals surface area contributed by atoms with Gasteiger partial charge in [-0.3, -0.25) is 0 Å². The van der Waals surface area contributed by atoms with Crippen LogP contribution in [-0.2, 0) is 14.3 Å². The summed E-state index contributed by atoms with van der Waals surface area (Å²) in [4.78, 5) is 24.4. The van der Waals surface area contributed by atoms with E-state index in [1.165, 1.54) is 7.11 Å². The molecule has 0 radical (unpaired) electrons. The molecule has 2 N–H and O–H groups in total. The van der Waals surface area contributed by atoms with Crippen LogP contribution in [0.25, 0.3) is 0 Å². The van der Waals surface area contributed by atoms with Crippen LogP contribution in [0.3, 0.4) is 0 Å². The number of carboxylic acid groups (broad SMARTS) is 1. The molecule has 2 unspecified atom stereocenters. The standard InChI is InChI=1S/C11H20N2O5/c1-8-7-13(4-6-18-8)11(16)12-9(10(14)15)3-5-17-2/h8-9H,3-7H2,1-2H3,(H,12,16)(H,14,15). The lowest BCUT2D eigenvalue weighted by atomic mass is 10.2. The molecule has 0 aromatic carbocycles. The van der Waals surface area contributed by atoms with Crippen LogP contribution in [0.1, 0.15) is 13.3 Å². The van der Waals surface area contributed by atoms with Gasteiger partial charge in [0, 0.05) is 33.2 Å². The lowest BCUT2D eigenvalue weighted by Crippen LogP contribution is -2.53. The second-order valence-electron chi connectivity index (χ2n) is 4.25. The zero-order valence-corrected chi connectivity index (χ0v) is 10.7. The second kappa shape index (κ2) is 7.17. The van der Waals surface area contributed by atoms with Crippen molar-refractivity contribution >= 4 is 12.0 Å². The molecule has 2 amide bonds. The number of amides is 2. The van der Waals surface area contributed by atoms with Crippen molar-refractivity contribution in [3.05, 3.63) is 0 Å². The number of nitrogens with one attached hydrogen (secondary N) is 1. The van der Waals surface area contributed by atoms with Gasteiger partial charge < -0.3 is 24.8 Å².